The molecular weight excluding hydrogens is 206 g/mol. The average molecular weight is 219 g/mol. The van der Waals surface area contributed by atoms with Gasteiger partial charge in [0.25, 0.3) is 0 Å². The lowest BCUT2D eigenvalue weighted by Crippen LogP contribution is -2.05. The van der Waals surface area contributed by atoms with Crippen molar-refractivity contribution in [3.63, 3.8) is 0 Å². The molecule has 16 heavy (non-hydrogen) atoms. The minimum absolute atomic E-state index is 0.149. The van der Waals surface area contributed by atoms with Crippen LogP contribution in [0.2, 0.25) is 0 Å². The SMILES string of the molecule is Nc1c(CCCO)cnn1-c1cccnn1. The Balaban J connectivity index is 2.27. The first-order chi connectivity index (χ1) is 7.83. The van der Waals surface area contributed by atoms with Crippen LogP contribution in [0.4, 0.5) is 5.82 Å². The Morgan fingerprint density at radius 3 is 3.00 bits per heavy atom. The molecule has 0 atom stereocenters. The van der Waals surface area contributed by atoms with Crippen molar-refractivity contribution in [2.45, 2.75) is 12.8 Å². The minimum atomic E-state index is 0.149. The summed E-state index contributed by atoms with van der Waals surface area (Å²) in [4.78, 5) is 0. The molecule has 0 saturated heterocycles. The second kappa shape index (κ2) is 4.71. The maximum Gasteiger partial charge on any atom is 0.177 e. The third-order valence-electron chi connectivity index (χ3n) is 2.27. The fourth-order valence-corrected chi connectivity index (χ4v) is 1.44. The fourth-order valence-electron chi connectivity index (χ4n) is 1.44. The zero-order valence-corrected chi connectivity index (χ0v) is 8.74. The third kappa shape index (κ3) is 2.01. The zero-order chi connectivity index (χ0) is 11.4. The number of hydrogen-bond acceptors (Lipinski definition) is 5. The summed E-state index contributed by atoms with van der Waals surface area (Å²) >= 11 is 0. The lowest BCUT2D eigenvalue weighted by atomic mass is 10.2. The Kier molecular flexibility index (Phi) is 3.11. The summed E-state index contributed by atoms with van der Waals surface area (Å²) in [5.41, 5.74) is 6.84. The van der Waals surface area contributed by atoms with E-state index in [-0.39, 0.29) is 6.61 Å². The first kappa shape index (κ1) is 10.6. The fraction of sp³-hybridized carbons (Fsp3) is 0.300. The number of rotatable bonds is 4. The van der Waals surface area contributed by atoms with Gasteiger partial charge in [0.05, 0.1) is 6.20 Å². The van der Waals surface area contributed by atoms with Crippen LogP contribution in [0.5, 0.6) is 0 Å². The van der Waals surface area contributed by atoms with Crippen LogP contribution < -0.4 is 5.73 Å². The van der Waals surface area contributed by atoms with E-state index in [0.717, 1.165) is 5.56 Å². The van der Waals surface area contributed by atoms with Crippen LogP contribution in [-0.4, -0.2) is 31.7 Å². The number of nitrogens with zero attached hydrogens (tertiary/aromatic N) is 4. The van der Waals surface area contributed by atoms with E-state index in [1.807, 2.05) is 0 Å². The molecular formula is C10H13N5O. The Morgan fingerprint density at radius 2 is 2.31 bits per heavy atom. The maximum absolute atomic E-state index is 8.75. The molecule has 0 aliphatic rings. The topological polar surface area (TPSA) is 89.8 Å². The smallest absolute Gasteiger partial charge is 0.177 e. The molecule has 0 spiro atoms. The highest BCUT2D eigenvalue weighted by molar-refractivity contribution is 5.44. The van der Waals surface area contributed by atoms with Crippen molar-refractivity contribution in [1.29, 1.82) is 0 Å². The summed E-state index contributed by atoms with van der Waals surface area (Å²) in [5, 5.41) is 20.6. The number of anilines is 1. The Bertz CT molecular complexity index is 453. The molecule has 0 radical (unpaired) electrons. The molecule has 0 bridgehead atoms. The average Bonchev–Trinajstić information content (AvgIpc) is 2.69. The molecule has 0 aromatic carbocycles. The van der Waals surface area contributed by atoms with Crippen molar-refractivity contribution in [1.82, 2.24) is 20.0 Å². The van der Waals surface area contributed by atoms with Crippen LogP contribution in [-0.2, 0) is 6.42 Å². The first-order valence-corrected chi connectivity index (χ1v) is 5.04. The van der Waals surface area contributed by atoms with Crippen molar-refractivity contribution in [2.75, 3.05) is 12.3 Å². The van der Waals surface area contributed by atoms with E-state index in [0.29, 0.717) is 24.5 Å². The predicted molar refractivity (Wildman–Crippen MR) is 59.0 cm³/mol. The van der Waals surface area contributed by atoms with Crippen molar-refractivity contribution in [2.24, 2.45) is 0 Å². The van der Waals surface area contributed by atoms with Gasteiger partial charge in [-0.25, -0.2) is 0 Å². The molecule has 0 unspecified atom stereocenters. The Labute approximate surface area is 92.7 Å². The number of aryl methyl sites for hydroxylation is 1. The highest BCUT2D eigenvalue weighted by Gasteiger charge is 2.09. The quantitative estimate of drug-likeness (QED) is 0.765. The van der Waals surface area contributed by atoms with E-state index in [1.54, 1.807) is 29.2 Å². The van der Waals surface area contributed by atoms with Gasteiger partial charge in [0, 0.05) is 18.4 Å². The third-order valence-corrected chi connectivity index (χ3v) is 2.27. The van der Waals surface area contributed by atoms with Gasteiger partial charge in [0.1, 0.15) is 5.82 Å². The van der Waals surface area contributed by atoms with Crippen LogP contribution in [0.25, 0.3) is 5.82 Å². The van der Waals surface area contributed by atoms with Gasteiger partial charge in [-0.3, -0.25) is 0 Å². The number of hydrogen-bond donors (Lipinski definition) is 2. The molecule has 2 heterocycles. The Hall–Kier alpha value is -1.95. The largest absolute Gasteiger partial charge is 0.396 e. The van der Waals surface area contributed by atoms with Gasteiger partial charge in [-0.05, 0) is 25.0 Å². The van der Waals surface area contributed by atoms with Crippen molar-refractivity contribution in [3.8, 4) is 5.82 Å². The summed E-state index contributed by atoms with van der Waals surface area (Å²) in [6.07, 6.45) is 4.68. The highest BCUT2D eigenvalue weighted by atomic mass is 16.2. The van der Waals surface area contributed by atoms with E-state index < -0.39 is 0 Å². The normalized spacial score (nSPS) is 10.6. The van der Waals surface area contributed by atoms with Crippen LogP contribution in [0.15, 0.2) is 24.5 Å². The van der Waals surface area contributed by atoms with E-state index in [9.17, 15) is 0 Å². The predicted octanol–water partition coefficient (Wildman–Crippen LogP) is 0.169. The van der Waals surface area contributed by atoms with Crippen LogP contribution in [0.1, 0.15) is 12.0 Å². The van der Waals surface area contributed by atoms with Crippen molar-refractivity contribution < 1.29 is 5.11 Å². The van der Waals surface area contributed by atoms with Gasteiger partial charge >= 0.3 is 0 Å². The molecule has 2 aromatic rings. The molecule has 0 amide bonds. The molecule has 6 heteroatoms. The molecule has 6 nitrogen and oxygen atoms in total. The van der Waals surface area contributed by atoms with E-state index >= 15 is 0 Å². The van der Waals surface area contributed by atoms with Gasteiger partial charge in [0.2, 0.25) is 0 Å². The van der Waals surface area contributed by atoms with Gasteiger partial charge < -0.3 is 10.8 Å². The molecule has 0 aliphatic carbocycles. The van der Waals surface area contributed by atoms with Crippen molar-refractivity contribution >= 4 is 5.82 Å². The molecule has 84 valence electrons. The summed E-state index contributed by atoms with van der Waals surface area (Å²) in [6, 6.07) is 3.56. The summed E-state index contributed by atoms with van der Waals surface area (Å²) < 4.78 is 1.54. The molecule has 2 aromatic heterocycles. The molecule has 0 aliphatic heterocycles. The standard InChI is InChI=1S/C10H13N5O/c11-10-8(3-2-6-16)7-13-15(10)9-4-1-5-12-14-9/h1,4-5,7,16H,2-3,6,11H2. The first-order valence-electron chi connectivity index (χ1n) is 5.04. The number of nitrogens with two attached hydrogens (primary N) is 1. The molecule has 0 saturated carbocycles. The summed E-state index contributed by atoms with van der Waals surface area (Å²) in [6.45, 7) is 0.149. The van der Waals surface area contributed by atoms with Gasteiger partial charge in [0.15, 0.2) is 5.82 Å². The van der Waals surface area contributed by atoms with Crippen LogP contribution >= 0.6 is 0 Å². The Morgan fingerprint density at radius 1 is 1.44 bits per heavy atom. The monoisotopic (exact) mass is 219 g/mol. The van der Waals surface area contributed by atoms with Crippen molar-refractivity contribution in [3.05, 3.63) is 30.1 Å². The van der Waals surface area contributed by atoms with Crippen LogP contribution in [0, 0.1) is 0 Å². The molecule has 3 N–H and O–H groups in total. The number of aliphatic hydroxyl groups is 1. The van der Waals surface area contributed by atoms with Gasteiger partial charge in [-0.1, -0.05) is 0 Å². The van der Waals surface area contributed by atoms with E-state index in [4.69, 9.17) is 10.8 Å². The minimum Gasteiger partial charge on any atom is -0.396 e. The summed E-state index contributed by atoms with van der Waals surface area (Å²) in [7, 11) is 0. The number of aliphatic hydroxyl groups excluding tert-OH is 1. The molecule has 0 fully saturated rings. The van der Waals surface area contributed by atoms with Crippen LogP contribution in [0.3, 0.4) is 0 Å². The highest BCUT2D eigenvalue weighted by Crippen LogP contribution is 2.16. The lowest BCUT2D eigenvalue weighted by molar-refractivity contribution is 0.288. The zero-order valence-electron chi connectivity index (χ0n) is 8.74. The maximum atomic E-state index is 8.75. The van der Waals surface area contributed by atoms with Gasteiger partial charge in [-0.2, -0.15) is 14.9 Å². The van der Waals surface area contributed by atoms with Gasteiger partial charge in [-0.15, -0.1) is 5.10 Å². The summed E-state index contributed by atoms with van der Waals surface area (Å²) in [5.74, 6) is 1.14. The molecule has 2 rings (SSSR count). The number of aromatic nitrogens is 4. The van der Waals surface area contributed by atoms with E-state index in [2.05, 4.69) is 15.3 Å². The second-order valence-electron chi connectivity index (χ2n) is 3.38. The van der Waals surface area contributed by atoms with E-state index in [1.165, 1.54) is 0 Å². The second-order valence-corrected chi connectivity index (χ2v) is 3.38. The number of nitrogen functional groups attached to an aromatic ring is 1. The lowest BCUT2D eigenvalue weighted by Gasteiger charge is -2.02.